The van der Waals surface area contributed by atoms with Crippen LogP contribution in [0.2, 0.25) is 0 Å². The van der Waals surface area contributed by atoms with E-state index < -0.39 is 24.0 Å². The lowest BCUT2D eigenvalue weighted by molar-refractivity contribution is -0.139. The summed E-state index contributed by atoms with van der Waals surface area (Å²) in [5.74, 6) is -1.75. The number of benzene rings is 4. The van der Waals surface area contributed by atoms with E-state index in [1.807, 2.05) is 61.7 Å². The van der Waals surface area contributed by atoms with Gasteiger partial charge in [-0.3, -0.25) is 0 Å². The van der Waals surface area contributed by atoms with Crippen molar-refractivity contribution in [2.75, 3.05) is 6.61 Å². The number of fused-ring (bicyclic) bond motifs is 4. The molecule has 0 radical (unpaired) electrons. The van der Waals surface area contributed by atoms with Gasteiger partial charge in [-0.15, -0.1) is 0 Å². The zero-order valence-electron chi connectivity index (χ0n) is 24.2. The first kappa shape index (κ1) is 27.3. The Bertz CT molecular complexity index is 1770. The topological polar surface area (TPSA) is 80.6 Å². The van der Waals surface area contributed by atoms with Crippen LogP contribution in [0.1, 0.15) is 52.1 Å². The Kier molecular flexibility index (Phi) is 7.07. The van der Waals surface area contributed by atoms with E-state index in [0.29, 0.717) is 0 Å². The quantitative estimate of drug-likeness (QED) is 0.215. The van der Waals surface area contributed by atoms with Gasteiger partial charge in [-0.2, -0.15) is 0 Å². The number of amides is 1. The van der Waals surface area contributed by atoms with E-state index in [9.17, 15) is 14.7 Å². The van der Waals surface area contributed by atoms with Crippen LogP contribution in [0.4, 0.5) is 4.79 Å². The standard InChI is InChI=1S/C36H34N2O4/c1-21-17-22(2)34(23(3)18-21)38-19-30(29-15-9-10-16-32(29)38)24(4)33(35(39)40)37-36(41)42-20-31-27-13-7-5-11-25(27)26-12-6-8-14-28(26)31/h5-19,24,31,33H,20H2,1-4H3,(H,37,41)(H,39,40)/t24-,33-/m0/s1. The Hall–Kier alpha value is -4.84. The Morgan fingerprint density at radius 2 is 1.45 bits per heavy atom. The van der Waals surface area contributed by atoms with Crippen molar-refractivity contribution in [2.45, 2.75) is 45.6 Å². The third kappa shape index (κ3) is 4.73. The Labute approximate surface area is 245 Å². The third-order valence-electron chi connectivity index (χ3n) is 8.49. The number of aromatic nitrogens is 1. The zero-order chi connectivity index (χ0) is 29.5. The molecule has 6 nitrogen and oxygen atoms in total. The first-order chi connectivity index (χ1) is 20.2. The summed E-state index contributed by atoms with van der Waals surface area (Å²) in [6.45, 7) is 8.21. The summed E-state index contributed by atoms with van der Waals surface area (Å²) in [4.78, 5) is 25.6. The van der Waals surface area contributed by atoms with E-state index in [-0.39, 0.29) is 12.5 Å². The number of carboxylic acids is 1. The van der Waals surface area contributed by atoms with Crippen molar-refractivity contribution in [1.29, 1.82) is 0 Å². The summed E-state index contributed by atoms with van der Waals surface area (Å²) < 4.78 is 7.83. The number of aliphatic carboxylic acids is 1. The number of rotatable bonds is 7. The summed E-state index contributed by atoms with van der Waals surface area (Å²) in [5, 5.41) is 13.8. The molecule has 6 rings (SSSR count). The van der Waals surface area contributed by atoms with Gasteiger partial charge in [-0.05, 0) is 65.8 Å². The van der Waals surface area contributed by atoms with Gasteiger partial charge in [0, 0.05) is 23.4 Å². The number of nitrogens with one attached hydrogen (secondary N) is 1. The maximum absolute atomic E-state index is 13.1. The Balaban J connectivity index is 1.26. The lowest BCUT2D eigenvalue weighted by Gasteiger charge is -2.22. The average molecular weight is 559 g/mol. The van der Waals surface area contributed by atoms with Crippen molar-refractivity contribution in [3.05, 3.63) is 125 Å². The number of hydrogen-bond acceptors (Lipinski definition) is 3. The highest BCUT2D eigenvalue weighted by atomic mass is 16.5. The fourth-order valence-corrected chi connectivity index (χ4v) is 6.65. The number of carboxylic acid groups (broad SMARTS) is 1. The van der Waals surface area contributed by atoms with Crippen LogP contribution in [-0.2, 0) is 9.53 Å². The molecule has 0 bridgehead atoms. The van der Waals surface area contributed by atoms with Gasteiger partial charge < -0.3 is 19.7 Å². The fourth-order valence-electron chi connectivity index (χ4n) is 6.65. The molecule has 2 N–H and O–H groups in total. The van der Waals surface area contributed by atoms with Crippen LogP contribution in [0.15, 0.2) is 91.1 Å². The van der Waals surface area contributed by atoms with Gasteiger partial charge in [0.2, 0.25) is 0 Å². The molecule has 5 aromatic rings. The van der Waals surface area contributed by atoms with Gasteiger partial charge >= 0.3 is 12.1 Å². The number of para-hydroxylation sites is 1. The number of aryl methyl sites for hydroxylation is 3. The van der Waals surface area contributed by atoms with Crippen molar-refractivity contribution in [3.63, 3.8) is 0 Å². The van der Waals surface area contributed by atoms with Crippen LogP contribution in [-0.4, -0.2) is 34.4 Å². The van der Waals surface area contributed by atoms with Gasteiger partial charge in [0.1, 0.15) is 12.6 Å². The first-order valence-electron chi connectivity index (χ1n) is 14.3. The van der Waals surface area contributed by atoms with E-state index in [1.165, 1.54) is 5.56 Å². The van der Waals surface area contributed by atoms with Crippen molar-refractivity contribution < 1.29 is 19.4 Å². The molecular formula is C36H34N2O4. The molecule has 2 atom stereocenters. The number of ether oxygens (including phenoxy) is 1. The monoisotopic (exact) mass is 558 g/mol. The largest absolute Gasteiger partial charge is 0.480 e. The number of alkyl carbamates (subject to hydrolysis) is 1. The molecule has 1 aliphatic rings. The highest BCUT2D eigenvalue weighted by Gasteiger charge is 2.33. The summed E-state index contributed by atoms with van der Waals surface area (Å²) in [5.41, 5.74) is 10.8. The minimum absolute atomic E-state index is 0.109. The lowest BCUT2D eigenvalue weighted by atomic mass is 9.93. The molecule has 212 valence electrons. The zero-order valence-corrected chi connectivity index (χ0v) is 24.2. The summed E-state index contributed by atoms with van der Waals surface area (Å²) in [6.07, 6.45) is 1.26. The molecule has 42 heavy (non-hydrogen) atoms. The average Bonchev–Trinajstić information content (AvgIpc) is 3.50. The highest BCUT2D eigenvalue weighted by molar-refractivity contribution is 5.89. The van der Waals surface area contributed by atoms with Gasteiger partial charge in [0.25, 0.3) is 0 Å². The molecule has 0 saturated carbocycles. The van der Waals surface area contributed by atoms with Crippen LogP contribution in [0.3, 0.4) is 0 Å². The number of carbonyl (C=O) groups is 2. The van der Waals surface area contributed by atoms with Crippen LogP contribution in [0.5, 0.6) is 0 Å². The van der Waals surface area contributed by atoms with Crippen molar-refractivity contribution >= 4 is 23.0 Å². The van der Waals surface area contributed by atoms with Crippen molar-refractivity contribution in [1.82, 2.24) is 9.88 Å². The molecule has 0 fully saturated rings. The predicted octanol–water partition coefficient (Wildman–Crippen LogP) is 7.65. The highest BCUT2D eigenvalue weighted by Crippen LogP contribution is 2.44. The van der Waals surface area contributed by atoms with Gasteiger partial charge in [0.15, 0.2) is 0 Å². The van der Waals surface area contributed by atoms with Crippen LogP contribution < -0.4 is 5.32 Å². The molecule has 6 heteroatoms. The number of hydrogen-bond donors (Lipinski definition) is 2. The molecule has 4 aromatic carbocycles. The fraction of sp³-hybridized carbons (Fsp3) is 0.222. The minimum Gasteiger partial charge on any atom is -0.480 e. The van der Waals surface area contributed by atoms with E-state index >= 15 is 0 Å². The number of nitrogens with zero attached hydrogens (tertiary/aromatic N) is 1. The molecule has 1 aromatic heterocycles. The molecule has 0 spiro atoms. The normalized spacial score (nSPS) is 13.8. The van der Waals surface area contributed by atoms with E-state index in [1.54, 1.807) is 0 Å². The van der Waals surface area contributed by atoms with Crippen molar-refractivity contribution in [3.8, 4) is 16.8 Å². The molecule has 1 aliphatic carbocycles. The Morgan fingerprint density at radius 3 is 2.07 bits per heavy atom. The lowest BCUT2D eigenvalue weighted by Crippen LogP contribution is -2.44. The van der Waals surface area contributed by atoms with Gasteiger partial charge in [-0.25, -0.2) is 9.59 Å². The van der Waals surface area contributed by atoms with Crippen LogP contribution in [0, 0.1) is 20.8 Å². The third-order valence-corrected chi connectivity index (χ3v) is 8.49. The van der Waals surface area contributed by atoms with E-state index in [2.05, 4.69) is 67.1 Å². The van der Waals surface area contributed by atoms with Crippen LogP contribution in [0.25, 0.3) is 27.7 Å². The van der Waals surface area contributed by atoms with E-state index in [4.69, 9.17) is 4.74 Å². The Morgan fingerprint density at radius 1 is 0.881 bits per heavy atom. The summed E-state index contributed by atoms with van der Waals surface area (Å²) in [6, 6.07) is 27.3. The molecule has 0 aliphatic heterocycles. The second-order valence-electron chi connectivity index (χ2n) is 11.3. The van der Waals surface area contributed by atoms with Gasteiger partial charge in [-0.1, -0.05) is 91.3 Å². The second kappa shape index (κ2) is 10.9. The molecule has 1 amide bonds. The molecular weight excluding hydrogens is 524 g/mol. The molecule has 0 saturated heterocycles. The SMILES string of the molecule is Cc1cc(C)c(-n2cc([C@H](C)[C@H](NC(=O)OCC3c4ccccc4-c4ccccc43)C(=O)O)c3ccccc32)c(C)c1. The van der Waals surface area contributed by atoms with Crippen molar-refractivity contribution in [2.24, 2.45) is 0 Å². The predicted molar refractivity (Wildman–Crippen MR) is 166 cm³/mol. The maximum Gasteiger partial charge on any atom is 0.407 e. The smallest absolute Gasteiger partial charge is 0.407 e. The number of carbonyl (C=O) groups excluding carboxylic acids is 1. The van der Waals surface area contributed by atoms with E-state index in [0.717, 1.165) is 55.5 Å². The maximum atomic E-state index is 13.1. The molecule has 0 unspecified atom stereocenters. The first-order valence-corrected chi connectivity index (χ1v) is 14.3. The van der Waals surface area contributed by atoms with Gasteiger partial charge in [0.05, 0.1) is 11.2 Å². The van der Waals surface area contributed by atoms with Crippen LogP contribution >= 0.6 is 0 Å². The summed E-state index contributed by atoms with van der Waals surface area (Å²) in [7, 11) is 0. The molecule has 1 heterocycles. The summed E-state index contributed by atoms with van der Waals surface area (Å²) >= 11 is 0. The minimum atomic E-state index is -1.18. The second-order valence-corrected chi connectivity index (χ2v) is 11.3.